The lowest BCUT2D eigenvalue weighted by Crippen LogP contribution is -2.01. The molecule has 15 heavy (non-hydrogen) atoms. The van der Waals surface area contributed by atoms with Gasteiger partial charge in [-0.1, -0.05) is 20.4 Å². The SMILES string of the molecule is C=C(Nc1ccnc(C(C)C)c1)C1CC1. The zero-order valence-corrected chi connectivity index (χ0v) is 9.46. The highest BCUT2D eigenvalue weighted by Gasteiger charge is 2.24. The molecule has 0 atom stereocenters. The Balaban J connectivity index is 2.07. The summed E-state index contributed by atoms with van der Waals surface area (Å²) in [4.78, 5) is 4.34. The molecule has 0 bridgehead atoms. The van der Waals surface area contributed by atoms with Gasteiger partial charge in [-0.15, -0.1) is 0 Å². The summed E-state index contributed by atoms with van der Waals surface area (Å²) in [5.74, 6) is 1.17. The van der Waals surface area contributed by atoms with Crippen LogP contribution in [0.25, 0.3) is 0 Å². The number of pyridine rings is 1. The van der Waals surface area contributed by atoms with E-state index in [2.05, 4.69) is 36.8 Å². The molecule has 1 saturated carbocycles. The van der Waals surface area contributed by atoms with E-state index in [1.807, 2.05) is 12.3 Å². The molecule has 0 spiro atoms. The molecular formula is C13H18N2. The molecule has 1 aliphatic rings. The molecule has 0 saturated heterocycles. The van der Waals surface area contributed by atoms with Crippen molar-refractivity contribution in [2.75, 3.05) is 5.32 Å². The normalized spacial score (nSPS) is 15.4. The fourth-order valence-electron chi connectivity index (χ4n) is 1.56. The first-order valence-electron chi connectivity index (χ1n) is 5.58. The van der Waals surface area contributed by atoms with Crippen molar-refractivity contribution in [3.05, 3.63) is 36.3 Å². The first-order valence-corrected chi connectivity index (χ1v) is 5.58. The van der Waals surface area contributed by atoms with Gasteiger partial charge in [-0.05, 0) is 36.8 Å². The number of nitrogens with zero attached hydrogens (tertiary/aromatic N) is 1. The third-order valence-corrected chi connectivity index (χ3v) is 2.75. The van der Waals surface area contributed by atoms with E-state index in [1.165, 1.54) is 12.8 Å². The van der Waals surface area contributed by atoms with Crippen molar-refractivity contribution >= 4 is 5.69 Å². The zero-order chi connectivity index (χ0) is 10.8. The molecule has 80 valence electrons. The van der Waals surface area contributed by atoms with E-state index in [4.69, 9.17) is 0 Å². The van der Waals surface area contributed by atoms with E-state index in [0.717, 1.165) is 17.1 Å². The minimum atomic E-state index is 0.473. The fraction of sp³-hybridized carbons (Fsp3) is 0.462. The summed E-state index contributed by atoms with van der Waals surface area (Å²) in [6.45, 7) is 8.36. The third-order valence-electron chi connectivity index (χ3n) is 2.75. The number of hydrogen-bond donors (Lipinski definition) is 1. The largest absolute Gasteiger partial charge is 0.359 e. The van der Waals surface area contributed by atoms with Gasteiger partial charge in [0.15, 0.2) is 0 Å². The van der Waals surface area contributed by atoms with Gasteiger partial charge in [-0.25, -0.2) is 0 Å². The highest BCUT2D eigenvalue weighted by Crippen LogP contribution is 2.35. The van der Waals surface area contributed by atoms with Crippen LogP contribution >= 0.6 is 0 Å². The predicted molar refractivity (Wildman–Crippen MR) is 63.8 cm³/mol. The van der Waals surface area contributed by atoms with E-state index in [1.54, 1.807) is 0 Å². The van der Waals surface area contributed by atoms with Gasteiger partial charge < -0.3 is 5.32 Å². The van der Waals surface area contributed by atoms with E-state index < -0.39 is 0 Å². The van der Waals surface area contributed by atoms with Crippen LogP contribution in [0.1, 0.15) is 38.3 Å². The predicted octanol–water partition coefficient (Wildman–Crippen LogP) is 3.54. The van der Waals surface area contributed by atoms with Crippen LogP contribution in [0.5, 0.6) is 0 Å². The van der Waals surface area contributed by atoms with Gasteiger partial charge in [0.25, 0.3) is 0 Å². The highest BCUT2D eigenvalue weighted by molar-refractivity contribution is 5.49. The molecule has 2 rings (SSSR count). The van der Waals surface area contributed by atoms with Gasteiger partial charge in [-0.2, -0.15) is 0 Å². The minimum absolute atomic E-state index is 0.473. The standard InChI is InChI=1S/C13H18N2/c1-9(2)13-8-12(6-7-14-13)15-10(3)11-4-5-11/h6-9,11H,3-5H2,1-2H3,(H,14,15). The molecule has 1 aliphatic carbocycles. The molecule has 1 fully saturated rings. The van der Waals surface area contributed by atoms with Crippen LogP contribution in [0.3, 0.4) is 0 Å². The molecule has 0 aliphatic heterocycles. The average molecular weight is 202 g/mol. The number of nitrogens with one attached hydrogen (secondary N) is 1. The molecule has 1 heterocycles. The van der Waals surface area contributed by atoms with E-state index >= 15 is 0 Å². The van der Waals surface area contributed by atoms with Gasteiger partial charge in [-0.3, -0.25) is 4.98 Å². The quantitative estimate of drug-likeness (QED) is 0.807. The summed E-state index contributed by atoms with van der Waals surface area (Å²) >= 11 is 0. The Hall–Kier alpha value is -1.31. The second-order valence-electron chi connectivity index (χ2n) is 4.55. The topological polar surface area (TPSA) is 24.9 Å². The zero-order valence-electron chi connectivity index (χ0n) is 9.46. The van der Waals surface area contributed by atoms with Crippen LogP contribution in [-0.2, 0) is 0 Å². The number of rotatable bonds is 4. The Morgan fingerprint density at radius 3 is 2.87 bits per heavy atom. The number of aromatic nitrogens is 1. The molecule has 1 aromatic rings. The molecular weight excluding hydrogens is 184 g/mol. The Kier molecular flexibility index (Phi) is 2.76. The molecule has 0 aromatic carbocycles. The van der Waals surface area contributed by atoms with Crippen molar-refractivity contribution in [3.8, 4) is 0 Å². The first-order chi connectivity index (χ1) is 7.16. The van der Waals surface area contributed by atoms with Crippen molar-refractivity contribution < 1.29 is 0 Å². The fourth-order valence-corrected chi connectivity index (χ4v) is 1.56. The number of hydrogen-bond acceptors (Lipinski definition) is 2. The molecule has 2 heteroatoms. The molecule has 0 radical (unpaired) electrons. The lowest BCUT2D eigenvalue weighted by Gasteiger charge is -2.10. The Bertz CT molecular complexity index is 365. The van der Waals surface area contributed by atoms with Crippen LogP contribution in [0, 0.1) is 5.92 Å². The monoisotopic (exact) mass is 202 g/mol. The summed E-state index contributed by atoms with van der Waals surface area (Å²) in [5.41, 5.74) is 3.39. The molecule has 0 amide bonds. The summed E-state index contributed by atoms with van der Waals surface area (Å²) < 4.78 is 0. The summed E-state index contributed by atoms with van der Waals surface area (Å²) in [5, 5.41) is 3.36. The van der Waals surface area contributed by atoms with Gasteiger partial charge in [0.05, 0.1) is 0 Å². The lowest BCUT2D eigenvalue weighted by atomic mass is 10.1. The minimum Gasteiger partial charge on any atom is -0.359 e. The Morgan fingerprint density at radius 1 is 1.53 bits per heavy atom. The van der Waals surface area contributed by atoms with Crippen molar-refractivity contribution in [1.82, 2.24) is 4.98 Å². The maximum atomic E-state index is 4.34. The second-order valence-corrected chi connectivity index (χ2v) is 4.55. The molecule has 1 aromatic heterocycles. The average Bonchev–Trinajstić information content (AvgIpc) is 3.01. The maximum absolute atomic E-state index is 4.34. The van der Waals surface area contributed by atoms with Crippen LogP contribution in [0.2, 0.25) is 0 Å². The lowest BCUT2D eigenvalue weighted by molar-refractivity contribution is 0.823. The van der Waals surface area contributed by atoms with Gasteiger partial charge in [0.1, 0.15) is 0 Å². The number of allylic oxidation sites excluding steroid dienone is 1. The maximum Gasteiger partial charge on any atom is 0.0449 e. The first kappa shape index (κ1) is 10.2. The number of anilines is 1. The van der Waals surface area contributed by atoms with Gasteiger partial charge in [0, 0.05) is 23.3 Å². The summed E-state index contributed by atoms with van der Waals surface area (Å²) in [6, 6.07) is 4.11. The van der Waals surface area contributed by atoms with E-state index in [-0.39, 0.29) is 0 Å². The van der Waals surface area contributed by atoms with Crippen molar-refractivity contribution in [1.29, 1.82) is 0 Å². The van der Waals surface area contributed by atoms with Crippen molar-refractivity contribution in [3.63, 3.8) is 0 Å². The van der Waals surface area contributed by atoms with Crippen LogP contribution in [-0.4, -0.2) is 4.98 Å². The van der Waals surface area contributed by atoms with E-state index in [0.29, 0.717) is 11.8 Å². The summed E-state index contributed by atoms with van der Waals surface area (Å²) in [6.07, 6.45) is 4.43. The Labute approximate surface area is 91.4 Å². The summed E-state index contributed by atoms with van der Waals surface area (Å²) in [7, 11) is 0. The smallest absolute Gasteiger partial charge is 0.0449 e. The van der Waals surface area contributed by atoms with Crippen LogP contribution in [0.4, 0.5) is 5.69 Å². The van der Waals surface area contributed by atoms with Gasteiger partial charge in [0.2, 0.25) is 0 Å². The Morgan fingerprint density at radius 2 is 2.27 bits per heavy atom. The molecule has 2 nitrogen and oxygen atoms in total. The highest BCUT2D eigenvalue weighted by atomic mass is 14.9. The van der Waals surface area contributed by atoms with Crippen molar-refractivity contribution in [2.24, 2.45) is 5.92 Å². The van der Waals surface area contributed by atoms with E-state index in [9.17, 15) is 0 Å². The van der Waals surface area contributed by atoms with Crippen LogP contribution < -0.4 is 5.32 Å². The second kappa shape index (κ2) is 4.05. The van der Waals surface area contributed by atoms with Gasteiger partial charge >= 0.3 is 0 Å². The molecule has 1 N–H and O–H groups in total. The molecule has 0 unspecified atom stereocenters. The van der Waals surface area contributed by atoms with Crippen molar-refractivity contribution in [2.45, 2.75) is 32.6 Å². The third kappa shape index (κ3) is 2.58. The van der Waals surface area contributed by atoms with Crippen LogP contribution in [0.15, 0.2) is 30.6 Å².